The summed E-state index contributed by atoms with van der Waals surface area (Å²) in [6.45, 7) is -0.734. The summed E-state index contributed by atoms with van der Waals surface area (Å²) in [6.07, 6.45) is 0. The van der Waals surface area contributed by atoms with Crippen LogP contribution in [0, 0.1) is 6.92 Å². The largest absolute Gasteiger partial charge is 0.434 e. The molecule has 0 radical (unpaired) electrons. The molecular formula is C16H18F2IN3O. The lowest BCUT2D eigenvalue weighted by Crippen LogP contribution is -2.22. The van der Waals surface area contributed by atoms with Gasteiger partial charge in [-0.25, -0.2) is 4.99 Å². The topological polar surface area (TPSA) is 59.6 Å². The van der Waals surface area contributed by atoms with E-state index in [0.29, 0.717) is 5.56 Å². The zero-order valence-electron chi connectivity index (χ0n) is 12.5. The van der Waals surface area contributed by atoms with Crippen LogP contribution in [0.3, 0.4) is 0 Å². The summed E-state index contributed by atoms with van der Waals surface area (Å²) < 4.78 is 29.1. The van der Waals surface area contributed by atoms with Crippen LogP contribution in [0.4, 0.5) is 14.5 Å². The molecule has 4 nitrogen and oxygen atoms in total. The highest BCUT2D eigenvalue weighted by Gasteiger charge is 2.08. The molecule has 0 spiro atoms. The third kappa shape index (κ3) is 6.39. The van der Waals surface area contributed by atoms with Crippen molar-refractivity contribution in [1.29, 1.82) is 0 Å². The number of aryl methyl sites for hydroxylation is 1. The lowest BCUT2D eigenvalue weighted by atomic mass is 10.2. The Morgan fingerprint density at radius 1 is 1.17 bits per heavy atom. The summed E-state index contributed by atoms with van der Waals surface area (Å²) in [5, 5.41) is 2.94. The number of nitrogens with zero attached hydrogens (tertiary/aromatic N) is 1. The van der Waals surface area contributed by atoms with Gasteiger partial charge in [-0.3, -0.25) is 0 Å². The highest BCUT2D eigenvalue weighted by molar-refractivity contribution is 14.0. The van der Waals surface area contributed by atoms with Gasteiger partial charge in [-0.1, -0.05) is 35.9 Å². The maximum atomic E-state index is 12.3. The molecule has 0 aliphatic rings. The molecule has 0 aliphatic heterocycles. The van der Waals surface area contributed by atoms with Crippen LogP contribution in [-0.4, -0.2) is 12.6 Å². The number of ether oxygens (including phenoxy) is 1. The third-order valence-electron chi connectivity index (χ3n) is 2.93. The van der Waals surface area contributed by atoms with Gasteiger partial charge in [0, 0.05) is 11.3 Å². The minimum Gasteiger partial charge on any atom is -0.434 e. The molecule has 124 valence electrons. The molecule has 0 bridgehead atoms. The van der Waals surface area contributed by atoms with Gasteiger partial charge in [0.25, 0.3) is 0 Å². The summed E-state index contributed by atoms with van der Waals surface area (Å²) in [5.74, 6) is 0.306. The number of rotatable bonds is 5. The van der Waals surface area contributed by atoms with Crippen LogP contribution in [0.25, 0.3) is 0 Å². The normalized spacial score (nSPS) is 11.0. The third-order valence-corrected chi connectivity index (χ3v) is 2.93. The Morgan fingerprint density at radius 3 is 2.48 bits per heavy atom. The van der Waals surface area contributed by atoms with Gasteiger partial charge in [0.2, 0.25) is 0 Å². The monoisotopic (exact) mass is 433 g/mol. The first-order chi connectivity index (χ1) is 10.5. The van der Waals surface area contributed by atoms with E-state index in [1.54, 1.807) is 18.2 Å². The van der Waals surface area contributed by atoms with Crippen LogP contribution in [0.2, 0.25) is 0 Å². The molecule has 7 heteroatoms. The van der Waals surface area contributed by atoms with Gasteiger partial charge in [0.15, 0.2) is 5.96 Å². The first-order valence-electron chi connectivity index (χ1n) is 6.71. The maximum absolute atomic E-state index is 12.3. The number of guanidine groups is 1. The number of benzene rings is 2. The number of hydrogen-bond donors (Lipinski definition) is 2. The van der Waals surface area contributed by atoms with E-state index in [9.17, 15) is 8.78 Å². The predicted molar refractivity (Wildman–Crippen MR) is 98.6 cm³/mol. The molecule has 0 amide bonds. The fraction of sp³-hybridized carbons (Fsp3) is 0.188. The Morgan fingerprint density at radius 2 is 1.83 bits per heavy atom. The molecule has 0 saturated heterocycles. The number of halogens is 3. The van der Waals surface area contributed by atoms with Gasteiger partial charge in [0.05, 0.1) is 6.54 Å². The van der Waals surface area contributed by atoms with Crippen LogP contribution in [-0.2, 0) is 6.54 Å². The zero-order valence-corrected chi connectivity index (χ0v) is 14.8. The SMILES string of the molecule is Cc1ccc(NC(N)=NCc2ccccc2OC(F)F)cc1.I. The molecule has 0 aromatic heterocycles. The lowest BCUT2D eigenvalue weighted by molar-refractivity contribution is -0.0504. The quantitative estimate of drug-likeness (QED) is 0.424. The van der Waals surface area contributed by atoms with Gasteiger partial charge >= 0.3 is 6.61 Å². The van der Waals surface area contributed by atoms with Crippen molar-refractivity contribution in [3.8, 4) is 5.75 Å². The summed E-state index contributed by atoms with van der Waals surface area (Å²) in [6, 6.07) is 14.1. The Labute approximate surface area is 150 Å². The molecule has 2 rings (SSSR count). The van der Waals surface area contributed by atoms with E-state index in [1.807, 2.05) is 31.2 Å². The van der Waals surface area contributed by atoms with Crippen LogP contribution in [0.1, 0.15) is 11.1 Å². The van der Waals surface area contributed by atoms with E-state index in [4.69, 9.17) is 5.73 Å². The van der Waals surface area contributed by atoms with Crippen molar-refractivity contribution in [1.82, 2.24) is 0 Å². The van der Waals surface area contributed by atoms with Crippen molar-refractivity contribution >= 4 is 35.6 Å². The van der Waals surface area contributed by atoms with Gasteiger partial charge in [0.1, 0.15) is 5.75 Å². The van der Waals surface area contributed by atoms with Crippen molar-refractivity contribution < 1.29 is 13.5 Å². The van der Waals surface area contributed by atoms with Crippen molar-refractivity contribution in [2.24, 2.45) is 10.7 Å². The molecule has 3 N–H and O–H groups in total. The molecule has 23 heavy (non-hydrogen) atoms. The Kier molecular flexibility index (Phi) is 7.73. The second kappa shape index (κ2) is 9.29. The highest BCUT2D eigenvalue weighted by atomic mass is 127. The smallest absolute Gasteiger partial charge is 0.387 e. The molecule has 0 heterocycles. The lowest BCUT2D eigenvalue weighted by Gasteiger charge is -2.09. The summed E-state index contributed by atoms with van der Waals surface area (Å²) in [5.41, 5.74) is 8.28. The van der Waals surface area contributed by atoms with Gasteiger partial charge in [-0.2, -0.15) is 8.78 Å². The van der Waals surface area contributed by atoms with E-state index < -0.39 is 6.61 Å². The number of nitrogens with one attached hydrogen (secondary N) is 1. The Bertz CT molecular complexity index is 648. The Balaban J connectivity index is 0.00000264. The van der Waals surface area contributed by atoms with Gasteiger partial charge < -0.3 is 15.8 Å². The van der Waals surface area contributed by atoms with Crippen LogP contribution >= 0.6 is 24.0 Å². The second-order valence-corrected chi connectivity index (χ2v) is 4.68. The van der Waals surface area contributed by atoms with E-state index in [1.165, 1.54) is 6.07 Å². The average Bonchev–Trinajstić information content (AvgIpc) is 2.48. The number of hydrogen-bond acceptors (Lipinski definition) is 2. The van der Waals surface area contributed by atoms with E-state index >= 15 is 0 Å². The molecule has 0 fully saturated rings. The van der Waals surface area contributed by atoms with Crippen molar-refractivity contribution in [2.45, 2.75) is 20.1 Å². The average molecular weight is 433 g/mol. The van der Waals surface area contributed by atoms with Crippen LogP contribution in [0.15, 0.2) is 53.5 Å². The van der Waals surface area contributed by atoms with E-state index in [-0.39, 0.29) is 42.2 Å². The minimum absolute atomic E-state index is 0. The zero-order chi connectivity index (χ0) is 15.9. The number of alkyl halides is 2. The fourth-order valence-electron chi connectivity index (χ4n) is 1.84. The minimum atomic E-state index is -2.87. The molecular weight excluding hydrogens is 415 g/mol. The van der Waals surface area contributed by atoms with Crippen molar-refractivity contribution in [2.75, 3.05) is 5.32 Å². The first kappa shape index (κ1) is 19.1. The molecule has 0 saturated carbocycles. The molecule has 0 atom stereocenters. The molecule has 2 aromatic carbocycles. The van der Waals surface area contributed by atoms with Gasteiger partial charge in [-0.05, 0) is 25.1 Å². The molecule has 0 aliphatic carbocycles. The highest BCUT2D eigenvalue weighted by Crippen LogP contribution is 2.21. The standard InChI is InChI=1S/C16H17F2N3O.HI/c1-11-6-8-13(9-7-11)21-16(19)20-10-12-4-2-3-5-14(12)22-15(17)18;/h2-9,15H,10H2,1H3,(H3,19,20,21);1H. The summed E-state index contributed by atoms with van der Waals surface area (Å²) in [4.78, 5) is 4.14. The number of aliphatic imine (C=N–C) groups is 1. The van der Waals surface area contributed by atoms with E-state index in [2.05, 4.69) is 15.0 Å². The number of nitrogens with two attached hydrogens (primary N) is 1. The number of para-hydroxylation sites is 1. The molecule has 2 aromatic rings. The Hall–Kier alpha value is -1.90. The van der Waals surface area contributed by atoms with Crippen molar-refractivity contribution in [3.63, 3.8) is 0 Å². The van der Waals surface area contributed by atoms with E-state index in [0.717, 1.165) is 11.3 Å². The summed E-state index contributed by atoms with van der Waals surface area (Å²) >= 11 is 0. The summed E-state index contributed by atoms with van der Waals surface area (Å²) in [7, 11) is 0. The van der Waals surface area contributed by atoms with Crippen molar-refractivity contribution in [3.05, 3.63) is 59.7 Å². The van der Waals surface area contributed by atoms with Crippen LogP contribution < -0.4 is 15.8 Å². The fourth-order valence-corrected chi connectivity index (χ4v) is 1.84. The second-order valence-electron chi connectivity index (χ2n) is 4.68. The van der Waals surface area contributed by atoms with Crippen LogP contribution in [0.5, 0.6) is 5.75 Å². The number of anilines is 1. The van der Waals surface area contributed by atoms with Gasteiger partial charge in [-0.15, -0.1) is 24.0 Å². The predicted octanol–water partition coefficient (Wildman–Crippen LogP) is 4.14. The first-order valence-corrected chi connectivity index (χ1v) is 6.71. The molecule has 0 unspecified atom stereocenters. The maximum Gasteiger partial charge on any atom is 0.387 e.